The van der Waals surface area contributed by atoms with E-state index in [9.17, 15) is 4.39 Å². The van der Waals surface area contributed by atoms with Crippen LogP contribution in [0.4, 0.5) is 4.39 Å². The van der Waals surface area contributed by atoms with Gasteiger partial charge < -0.3 is 10.5 Å². The van der Waals surface area contributed by atoms with Gasteiger partial charge in [0, 0.05) is 18.2 Å². The summed E-state index contributed by atoms with van der Waals surface area (Å²) in [5.41, 5.74) is 9.09. The van der Waals surface area contributed by atoms with Crippen LogP contribution in [0, 0.1) is 26.6 Å². The lowest BCUT2D eigenvalue weighted by Gasteiger charge is -2.13. The van der Waals surface area contributed by atoms with Crippen LogP contribution >= 0.6 is 0 Å². The molecule has 19 heavy (non-hydrogen) atoms. The highest BCUT2D eigenvalue weighted by molar-refractivity contribution is 5.40. The molecule has 100 valence electrons. The molecule has 0 fully saturated rings. The summed E-state index contributed by atoms with van der Waals surface area (Å²) in [6.45, 7) is 5.91. The molecule has 0 aliphatic carbocycles. The van der Waals surface area contributed by atoms with Crippen molar-refractivity contribution in [1.82, 2.24) is 10.2 Å². The normalized spacial score (nSPS) is 10.6. The Labute approximate surface area is 111 Å². The topological polar surface area (TPSA) is 61.0 Å². The van der Waals surface area contributed by atoms with Gasteiger partial charge in [0.05, 0.1) is 5.69 Å². The lowest BCUT2D eigenvalue weighted by molar-refractivity contribution is 0.439. The highest BCUT2D eigenvalue weighted by Crippen LogP contribution is 2.28. The van der Waals surface area contributed by atoms with Gasteiger partial charge in [-0.2, -0.15) is 5.10 Å². The van der Waals surface area contributed by atoms with E-state index in [1.165, 1.54) is 12.1 Å². The van der Waals surface area contributed by atoms with Crippen LogP contribution in [0.25, 0.3) is 0 Å². The minimum Gasteiger partial charge on any atom is -0.437 e. The molecule has 0 radical (unpaired) electrons. The van der Waals surface area contributed by atoms with Gasteiger partial charge in [-0.3, -0.25) is 0 Å². The number of nitrogens with zero attached hydrogens (tertiary/aromatic N) is 2. The molecular formula is C14H16FN3O. The van der Waals surface area contributed by atoms with Crippen LogP contribution in [0.3, 0.4) is 0 Å². The van der Waals surface area contributed by atoms with Gasteiger partial charge in [0.15, 0.2) is 0 Å². The number of aryl methyl sites for hydroxylation is 2. The second-order valence-electron chi connectivity index (χ2n) is 4.41. The van der Waals surface area contributed by atoms with E-state index in [1.807, 2.05) is 20.8 Å². The van der Waals surface area contributed by atoms with Crippen molar-refractivity contribution < 1.29 is 9.13 Å². The fourth-order valence-electron chi connectivity index (χ4n) is 1.74. The van der Waals surface area contributed by atoms with E-state index < -0.39 is 0 Å². The molecule has 0 bridgehead atoms. The standard InChI is InChI=1S/C14H16FN3O/c1-8-4-5-11(15)6-13(8)19-14-12(7-16)9(2)10(3)17-18-14/h4-6H,7,16H2,1-3H3. The van der Waals surface area contributed by atoms with Gasteiger partial charge in [-0.25, -0.2) is 4.39 Å². The molecule has 0 saturated carbocycles. The molecular weight excluding hydrogens is 245 g/mol. The van der Waals surface area contributed by atoms with E-state index in [4.69, 9.17) is 10.5 Å². The maximum atomic E-state index is 13.2. The largest absolute Gasteiger partial charge is 0.437 e. The van der Waals surface area contributed by atoms with E-state index in [0.29, 0.717) is 18.2 Å². The van der Waals surface area contributed by atoms with E-state index in [-0.39, 0.29) is 5.82 Å². The van der Waals surface area contributed by atoms with Crippen molar-refractivity contribution in [2.45, 2.75) is 27.3 Å². The van der Waals surface area contributed by atoms with E-state index >= 15 is 0 Å². The zero-order valence-electron chi connectivity index (χ0n) is 11.2. The second kappa shape index (κ2) is 5.32. The third-order valence-corrected chi connectivity index (χ3v) is 3.11. The first-order chi connectivity index (χ1) is 9.02. The smallest absolute Gasteiger partial charge is 0.243 e. The molecule has 0 saturated heterocycles. The Bertz CT molecular complexity index is 614. The van der Waals surface area contributed by atoms with Gasteiger partial charge in [0.25, 0.3) is 0 Å². The Morgan fingerprint density at radius 1 is 1.21 bits per heavy atom. The van der Waals surface area contributed by atoms with Gasteiger partial charge in [-0.05, 0) is 38.0 Å². The van der Waals surface area contributed by atoms with Gasteiger partial charge in [0.1, 0.15) is 11.6 Å². The Morgan fingerprint density at radius 2 is 1.95 bits per heavy atom. The monoisotopic (exact) mass is 261 g/mol. The fourth-order valence-corrected chi connectivity index (χ4v) is 1.74. The van der Waals surface area contributed by atoms with Crippen LogP contribution in [-0.2, 0) is 6.54 Å². The number of ether oxygens (including phenoxy) is 1. The molecule has 0 aliphatic rings. The van der Waals surface area contributed by atoms with E-state index in [0.717, 1.165) is 22.4 Å². The molecule has 2 rings (SSSR count). The average Bonchev–Trinajstić information content (AvgIpc) is 2.38. The highest BCUT2D eigenvalue weighted by Gasteiger charge is 2.13. The summed E-state index contributed by atoms with van der Waals surface area (Å²) in [6.07, 6.45) is 0. The summed E-state index contributed by atoms with van der Waals surface area (Å²) in [4.78, 5) is 0. The lowest BCUT2D eigenvalue weighted by Crippen LogP contribution is -2.07. The molecule has 5 heteroatoms. The summed E-state index contributed by atoms with van der Waals surface area (Å²) in [5, 5.41) is 8.01. The lowest BCUT2D eigenvalue weighted by atomic mass is 10.1. The molecule has 0 aliphatic heterocycles. The predicted octanol–water partition coefficient (Wildman–Crippen LogP) is 2.79. The van der Waals surface area contributed by atoms with Gasteiger partial charge in [-0.1, -0.05) is 6.07 Å². The minimum absolute atomic E-state index is 0.298. The van der Waals surface area contributed by atoms with E-state index in [1.54, 1.807) is 6.07 Å². The van der Waals surface area contributed by atoms with Gasteiger partial charge in [0.2, 0.25) is 5.88 Å². The van der Waals surface area contributed by atoms with Crippen LogP contribution in [0.1, 0.15) is 22.4 Å². The number of halogens is 1. The highest BCUT2D eigenvalue weighted by atomic mass is 19.1. The Kier molecular flexibility index (Phi) is 3.76. The predicted molar refractivity (Wildman–Crippen MR) is 70.6 cm³/mol. The molecule has 4 nitrogen and oxygen atoms in total. The molecule has 1 aromatic carbocycles. The SMILES string of the molecule is Cc1ccc(F)cc1Oc1nnc(C)c(C)c1CN. The Morgan fingerprint density at radius 3 is 2.63 bits per heavy atom. The van der Waals surface area contributed by atoms with Crippen molar-refractivity contribution in [3.05, 3.63) is 46.4 Å². The first kappa shape index (κ1) is 13.4. The summed E-state index contributed by atoms with van der Waals surface area (Å²) < 4.78 is 18.9. The first-order valence-electron chi connectivity index (χ1n) is 5.99. The molecule has 0 amide bonds. The summed E-state index contributed by atoms with van der Waals surface area (Å²) in [7, 11) is 0. The Hall–Kier alpha value is -2.01. The second-order valence-corrected chi connectivity index (χ2v) is 4.41. The summed E-state index contributed by atoms with van der Waals surface area (Å²) in [6, 6.07) is 4.37. The van der Waals surface area contributed by atoms with Crippen LogP contribution in [0.5, 0.6) is 11.6 Å². The van der Waals surface area contributed by atoms with Crippen LogP contribution in [0.2, 0.25) is 0 Å². The Balaban J connectivity index is 2.43. The van der Waals surface area contributed by atoms with Gasteiger partial charge >= 0.3 is 0 Å². The number of hydrogen-bond acceptors (Lipinski definition) is 4. The number of hydrogen-bond donors (Lipinski definition) is 1. The maximum absolute atomic E-state index is 13.2. The molecule has 1 aromatic heterocycles. The molecule has 0 atom stereocenters. The zero-order chi connectivity index (χ0) is 14.0. The third-order valence-electron chi connectivity index (χ3n) is 3.11. The summed E-state index contributed by atoms with van der Waals surface area (Å²) in [5.74, 6) is 0.401. The molecule has 0 unspecified atom stereocenters. The molecule has 0 spiro atoms. The van der Waals surface area contributed by atoms with Crippen molar-refractivity contribution in [3.8, 4) is 11.6 Å². The zero-order valence-corrected chi connectivity index (χ0v) is 11.2. The summed E-state index contributed by atoms with van der Waals surface area (Å²) >= 11 is 0. The van der Waals surface area contributed by atoms with Crippen molar-refractivity contribution >= 4 is 0 Å². The van der Waals surface area contributed by atoms with Crippen molar-refractivity contribution in [2.24, 2.45) is 5.73 Å². The van der Waals surface area contributed by atoms with Crippen LogP contribution in [-0.4, -0.2) is 10.2 Å². The quantitative estimate of drug-likeness (QED) is 0.922. The average molecular weight is 261 g/mol. The maximum Gasteiger partial charge on any atom is 0.243 e. The third kappa shape index (κ3) is 2.71. The van der Waals surface area contributed by atoms with Crippen molar-refractivity contribution in [1.29, 1.82) is 0 Å². The number of aromatic nitrogens is 2. The van der Waals surface area contributed by atoms with Crippen molar-refractivity contribution in [3.63, 3.8) is 0 Å². The molecule has 2 aromatic rings. The van der Waals surface area contributed by atoms with Crippen molar-refractivity contribution in [2.75, 3.05) is 0 Å². The first-order valence-corrected chi connectivity index (χ1v) is 5.99. The number of rotatable bonds is 3. The van der Waals surface area contributed by atoms with Crippen LogP contribution in [0.15, 0.2) is 18.2 Å². The minimum atomic E-state index is -0.355. The number of nitrogens with two attached hydrogens (primary N) is 1. The molecule has 1 heterocycles. The van der Waals surface area contributed by atoms with E-state index in [2.05, 4.69) is 10.2 Å². The number of benzene rings is 1. The van der Waals surface area contributed by atoms with Gasteiger partial charge in [-0.15, -0.1) is 5.10 Å². The molecule has 2 N–H and O–H groups in total. The fraction of sp³-hybridized carbons (Fsp3) is 0.286. The van der Waals surface area contributed by atoms with Crippen LogP contribution < -0.4 is 10.5 Å².